The lowest BCUT2D eigenvalue weighted by molar-refractivity contribution is 0.390. The van der Waals surface area contributed by atoms with Crippen molar-refractivity contribution >= 4 is 17.3 Å². The summed E-state index contributed by atoms with van der Waals surface area (Å²) in [6, 6.07) is -0.472. The van der Waals surface area contributed by atoms with Gasteiger partial charge in [-0.1, -0.05) is 6.42 Å². The maximum Gasteiger partial charge on any atom is 0.451 e. The summed E-state index contributed by atoms with van der Waals surface area (Å²) in [6.45, 7) is 2.55. The molecular weight excluding hydrogens is 283 g/mol. The Morgan fingerprint density at radius 2 is 2.10 bits per heavy atom. The van der Waals surface area contributed by atoms with Gasteiger partial charge in [-0.3, -0.25) is 0 Å². The summed E-state index contributed by atoms with van der Waals surface area (Å²) in [5.41, 5.74) is 11.5. The van der Waals surface area contributed by atoms with Crippen LogP contribution >= 0.6 is 0 Å². The number of nitrogens with zero attached hydrogens (tertiary/aromatic N) is 1. The van der Waals surface area contributed by atoms with Crippen molar-refractivity contribution in [2.75, 3.05) is 19.6 Å². The Balaban J connectivity index is 2.47. The maximum atomic E-state index is 12.0. The molecule has 0 aromatic carbocycles. The monoisotopic (exact) mass is 308 g/mol. The number of nitrogens with one attached hydrogen (secondary N) is 1. The number of hydrogen-bond acceptors (Lipinski definition) is 6. The molecule has 0 saturated carbocycles. The van der Waals surface area contributed by atoms with E-state index in [1.54, 1.807) is 6.92 Å². The largest absolute Gasteiger partial charge is 0.451 e. The van der Waals surface area contributed by atoms with Gasteiger partial charge < -0.3 is 21.5 Å². The molecule has 10 heteroatoms. The Kier molecular flexibility index (Phi) is 6.85. The van der Waals surface area contributed by atoms with Gasteiger partial charge in [0.2, 0.25) is 0 Å². The van der Waals surface area contributed by atoms with Gasteiger partial charge in [-0.25, -0.2) is 4.72 Å². The molecule has 1 rings (SSSR count). The lowest BCUT2D eigenvalue weighted by Gasteiger charge is -2.17. The average molecular weight is 308 g/mol. The van der Waals surface area contributed by atoms with Crippen LogP contribution in [0.3, 0.4) is 0 Å². The number of hydrogen-bond donors (Lipinski definition) is 5. The summed E-state index contributed by atoms with van der Waals surface area (Å²) in [5, 5.41) is 17.6. The van der Waals surface area contributed by atoms with Crippen molar-refractivity contribution in [2.45, 2.75) is 38.2 Å². The van der Waals surface area contributed by atoms with Crippen molar-refractivity contribution in [3.05, 3.63) is 0 Å². The third-order valence-electron chi connectivity index (χ3n) is 3.42. The fourth-order valence-electron chi connectivity index (χ4n) is 2.25. The Morgan fingerprint density at radius 3 is 2.65 bits per heavy atom. The van der Waals surface area contributed by atoms with Crippen molar-refractivity contribution in [1.29, 1.82) is 0 Å². The summed E-state index contributed by atoms with van der Waals surface area (Å²) in [7, 11) is -4.86. The van der Waals surface area contributed by atoms with Crippen LogP contribution in [0.1, 0.15) is 19.8 Å². The van der Waals surface area contributed by atoms with E-state index < -0.39 is 17.3 Å². The van der Waals surface area contributed by atoms with E-state index in [0.717, 1.165) is 0 Å². The maximum absolute atomic E-state index is 12.0. The summed E-state index contributed by atoms with van der Waals surface area (Å²) in [6.07, 6.45) is 1.56. The van der Waals surface area contributed by atoms with E-state index in [1.165, 1.54) is 4.31 Å². The molecule has 1 heterocycles. The summed E-state index contributed by atoms with van der Waals surface area (Å²) in [4.78, 5) is 0. The number of rotatable bonds is 8. The van der Waals surface area contributed by atoms with E-state index in [0.29, 0.717) is 19.4 Å². The predicted molar refractivity (Wildman–Crippen MR) is 77.8 cm³/mol. The van der Waals surface area contributed by atoms with Gasteiger partial charge in [-0.2, -0.15) is 12.7 Å². The van der Waals surface area contributed by atoms with Crippen molar-refractivity contribution in [2.24, 2.45) is 17.4 Å². The molecule has 1 saturated heterocycles. The number of nitrogens with two attached hydrogens (primary N) is 2. The van der Waals surface area contributed by atoms with Crippen molar-refractivity contribution in [3.8, 4) is 0 Å². The van der Waals surface area contributed by atoms with Crippen LogP contribution in [0.15, 0.2) is 0 Å². The second-order valence-electron chi connectivity index (χ2n) is 5.48. The topological polar surface area (TPSA) is 142 Å². The first-order valence-electron chi connectivity index (χ1n) is 6.84. The lowest BCUT2D eigenvalue weighted by Crippen LogP contribution is -2.44. The molecule has 0 aromatic rings. The zero-order chi connectivity index (χ0) is 15.3. The van der Waals surface area contributed by atoms with Gasteiger partial charge in [0.15, 0.2) is 0 Å². The molecule has 20 heavy (non-hydrogen) atoms. The van der Waals surface area contributed by atoms with E-state index in [9.17, 15) is 8.42 Å². The van der Waals surface area contributed by atoms with Gasteiger partial charge in [0.05, 0.1) is 0 Å². The molecule has 118 valence electrons. The predicted octanol–water partition coefficient (Wildman–Crippen LogP) is -2.32. The Morgan fingerprint density at radius 1 is 1.45 bits per heavy atom. The molecule has 0 amide bonds. The highest BCUT2D eigenvalue weighted by Gasteiger charge is 2.36. The zero-order valence-corrected chi connectivity index (χ0v) is 12.6. The Hall–Kier alpha value is -0.225. The molecule has 0 unspecified atom stereocenters. The van der Waals surface area contributed by atoms with Crippen LogP contribution in [0.5, 0.6) is 0 Å². The molecule has 1 aliphatic heterocycles. The van der Waals surface area contributed by atoms with E-state index in [-0.39, 0.29) is 37.4 Å². The summed E-state index contributed by atoms with van der Waals surface area (Å²) in [5.74, 6) is 0.0422. The highest BCUT2D eigenvalue weighted by molar-refractivity contribution is 7.87. The first-order valence-corrected chi connectivity index (χ1v) is 8.28. The van der Waals surface area contributed by atoms with Gasteiger partial charge in [-0.05, 0) is 25.6 Å². The molecule has 0 spiro atoms. The smallest absolute Gasteiger partial charge is 0.427 e. The van der Waals surface area contributed by atoms with E-state index in [2.05, 4.69) is 4.72 Å². The van der Waals surface area contributed by atoms with E-state index >= 15 is 0 Å². The van der Waals surface area contributed by atoms with Crippen LogP contribution in [0.25, 0.3) is 0 Å². The normalized spacial score (nSPS) is 25.9. The molecule has 1 fully saturated rings. The van der Waals surface area contributed by atoms with Gasteiger partial charge >= 0.3 is 7.12 Å². The fourth-order valence-corrected chi connectivity index (χ4v) is 3.66. The first kappa shape index (κ1) is 17.8. The molecule has 8 nitrogen and oxygen atoms in total. The zero-order valence-electron chi connectivity index (χ0n) is 11.8. The SMILES string of the molecule is C[C@@H](N)CNS(=O)(=O)N1C[C@@H](CCCB(O)O)[C@@H](N)C1. The van der Waals surface area contributed by atoms with Crippen molar-refractivity contribution in [3.63, 3.8) is 0 Å². The third-order valence-corrected chi connectivity index (χ3v) is 4.93. The standard InChI is InChI=1S/C10H25BN4O4S/c1-8(12)5-14-20(18,19)15-6-9(10(13)7-15)3-2-4-11(16)17/h8-10,14,16-17H,2-7,12-13H2,1H3/t8-,9-,10+/m1/s1. The van der Waals surface area contributed by atoms with Crippen LogP contribution < -0.4 is 16.2 Å². The molecule has 3 atom stereocenters. The van der Waals surface area contributed by atoms with Crippen molar-refractivity contribution < 1.29 is 18.5 Å². The molecule has 0 bridgehead atoms. The summed E-state index contributed by atoms with van der Waals surface area (Å²) < 4.78 is 27.9. The van der Waals surface area contributed by atoms with E-state index in [4.69, 9.17) is 21.5 Å². The van der Waals surface area contributed by atoms with E-state index in [1.807, 2.05) is 0 Å². The summed E-state index contributed by atoms with van der Waals surface area (Å²) >= 11 is 0. The minimum Gasteiger partial charge on any atom is -0.427 e. The second-order valence-corrected chi connectivity index (χ2v) is 7.24. The van der Waals surface area contributed by atoms with Gasteiger partial charge in [0.25, 0.3) is 10.2 Å². The molecule has 1 aliphatic rings. The van der Waals surface area contributed by atoms with Crippen LogP contribution in [0, 0.1) is 5.92 Å². The Bertz CT molecular complexity index is 393. The van der Waals surface area contributed by atoms with Crippen LogP contribution in [0.4, 0.5) is 0 Å². The lowest BCUT2D eigenvalue weighted by atomic mass is 9.82. The third kappa shape index (κ3) is 5.64. The molecule has 7 N–H and O–H groups in total. The minimum atomic E-state index is -3.54. The minimum absolute atomic E-state index is 0.0422. The molecule has 0 radical (unpaired) electrons. The molecular formula is C10H25BN4O4S. The molecule has 0 aromatic heterocycles. The highest BCUT2D eigenvalue weighted by atomic mass is 32.2. The van der Waals surface area contributed by atoms with Crippen LogP contribution in [0.2, 0.25) is 6.32 Å². The highest BCUT2D eigenvalue weighted by Crippen LogP contribution is 2.23. The molecule has 0 aliphatic carbocycles. The quantitative estimate of drug-likeness (QED) is 0.319. The fraction of sp³-hybridized carbons (Fsp3) is 1.00. The average Bonchev–Trinajstić information content (AvgIpc) is 2.69. The second kappa shape index (κ2) is 7.69. The van der Waals surface area contributed by atoms with Crippen LogP contribution in [-0.2, 0) is 10.2 Å². The first-order chi connectivity index (χ1) is 9.22. The van der Waals surface area contributed by atoms with Gasteiger partial charge in [0.1, 0.15) is 0 Å². The Labute approximate surface area is 120 Å². The van der Waals surface area contributed by atoms with Crippen LogP contribution in [-0.4, -0.2) is 61.6 Å². The van der Waals surface area contributed by atoms with Gasteiger partial charge in [-0.15, -0.1) is 0 Å². The van der Waals surface area contributed by atoms with Crippen molar-refractivity contribution in [1.82, 2.24) is 9.03 Å². The van der Waals surface area contributed by atoms with Gasteiger partial charge in [0, 0.05) is 31.7 Å².